The van der Waals surface area contributed by atoms with Crippen molar-refractivity contribution in [1.82, 2.24) is 10.4 Å². The number of hydrogen-bond donors (Lipinski definition) is 2. The molecule has 3 rings (SSSR count). The van der Waals surface area contributed by atoms with Crippen molar-refractivity contribution in [2.45, 2.75) is 25.7 Å². The van der Waals surface area contributed by atoms with Crippen LogP contribution in [-0.4, -0.2) is 48.7 Å². The van der Waals surface area contributed by atoms with Gasteiger partial charge in [0, 0.05) is 31.4 Å². The van der Waals surface area contributed by atoms with Gasteiger partial charge in [0.25, 0.3) is 5.91 Å². The summed E-state index contributed by atoms with van der Waals surface area (Å²) in [4.78, 5) is 16.1. The zero-order chi connectivity index (χ0) is 16.1. The van der Waals surface area contributed by atoms with Crippen molar-refractivity contribution in [3.8, 4) is 0 Å². The average Bonchev–Trinajstić information content (AvgIpc) is 3.01. The van der Waals surface area contributed by atoms with Gasteiger partial charge >= 0.3 is 0 Å². The van der Waals surface area contributed by atoms with Gasteiger partial charge in [0.15, 0.2) is 0 Å². The van der Waals surface area contributed by atoms with Gasteiger partial charge in [-0.2, -0.15) is 0 Å². The molecule has 2 aliphatic rings. The van der Waals surface area contributed by atoms with E-state index in [0.29, 0.717) is 0 Å². The van der Waals surface area contributed by atoms with Gasteiger partial charge in [0.05, 0.1) is 0 Å². The number of hydrogen-bond acceptors (Lipinski definition) is 4. The molecule has 0 spiro atoms. The van der Waals surface area contributed by atoms with Gasteiger partial charge in [0.1, 0.15) is 0 Å². The minimum atomic E-state index is -0.506. The van der Waals surface area contributed by atoms with Crippen LogP contribution in [0.15, 0.2) is 24.3 Å². The number of carbonyl (C=O) groups excluding carboxylic acids is 1. The smallest absolute Gasteiger partial charge is 0.267 e. The lowest BCUT2D eigenvalue weighted by atomic mass is 10.1. The SMILES string of the molecule is O=C(/C=C/c1ccc2c(c1)CCN2CCN1CCCCC1)NO. The minimum Gasteiger partial charge on any atom is -0.370 e. The number of hydroxylamine groups is 1. The average molecular weight is 315 g/mol. The Hall–Kier alpha value is -1.85. The Bertz CT molecular complexity index is 580. The molecule has 1 saturated heterocycles. The van der Waals surface area contributed by atoms with Gasteiger partial charge < -0.3 is 9.80 Å². The first-order valence-electron chi connectivity index (χ1n) is 8.48. The van der Waals surface area contributed by atoms with Gasteiger partial charge in [-0.3, -0.25) is 10.0 Å². The summed E-state index contributed by atoms with van der Waals surface area (Å²) in [5, 5.41) is 8.51. The molecule has 0 bridgehead atoms. The van der Waals surface area contributed by atoms with Crippen LogP contribution in [0.1, 0.15) is 30.4 Å². The first kappa shape index (κ1) is 16.0. The standard InChI is InChI=1S/C18H25N3O2/c22-18(19-23)7-5-15-4-6-17-16(14-15)8-11-21(17)13-12-20-9-2-1-3-10-20/h4-7,14,23H,1-3,8-13H2,(H,19,22)/b7-5+. The number of anilines is 1. The van der Waals surface area contributed by atoms with Crippen LogP contribution in [0, 0.1) is 0 Å². The van der Waals surface area contributed by atoms with Crippen LogP contribution in [0.25, 0.3) is 6.08 Å². The van der Waals surface area contributed by atoms with Crippen LogP contribution in [-0.2, 0) is 11.2 Å². The first-order chi connectivity index (χ1) is 11.3. The third-order valence-corrected chi connectivity index (χ3v) is 4.77. The molecule has 0 aliphatic carbocycles. The Balaban J connectivity index is 1.59. The fourth-order valence-electron chi connectivity index (χ4n) is 3.48. The maximum atomic E-state index is 11.0. The van der Waals surface area contributed by atoms with Gasteiger partial charge in [0.2, 0.25) is 0 Å². The third kappa shape index (κ3) is 4.12. The molecule has 2 heterocycles. The van der Waals surface area contributed by atoms with Crippen molar-refractivity contribution < 1.29 is 10.0 Å². The molecule has 5 heteroatoms. The van der Waals surface area contributed by atoms with Gasteiger partial charge in [-0.25, -0.2) is 5.48 Å². The number of likely N-dealkylation sites (tertiary alicyclic amines) is 1. The lowest BCUT2D eigenvalue weighted by Crippen LogP contribution is -2.37. The molecule has 0 aromatic heterocycles. The maximum absolute atomic E-state index is 11.0. The molecule has 2 aliphatic heterocycles. The normalized spacial score (nSPS) is 18.4. The molecule has 124 valence electrons. The second-order valence-corrected chi connectivity index (χ2v) is 6.34. The Morgan fingerprint density at radius 3 is 2.78 bits per heavy atom. The molecular formula is C18H25N3O2. The molecule has 1 fully saturated rings. The largest absolute Gasteiger partial charge is 0.370 e. The van der Waals surface area contributed by atoms with E-state index in [4.69, 9.17) is 5.21 Å². The molecule has 1 aromatic carbocycles. The quantitative estimate of drug-likeness (QED) is 0.496. The first-order valence-corrected chi connectivity index (χ1v) is 8.48. The number of benzene rings is 1. The topological polar surface area (TPSA) is 55.8 Å². The van der Waals surface area contributed by atoms with Gasteiger partial charge in [-0.05, 0) is 61.7 Å². The number of fused-ring (bicyclic) bond motifs is 1. The monoisotopic (exact) mass is 315 g/mol. The Kier molecular flexibility index (Phi) is 5.31. The number of nitrogens with one attached hydrogen (secondary N) is 1. The highest BCUT2D eigenvalue weighted by molar-refractivity contribution is 5.90. The lowest BCUT2D eigenvalue weighted by molar-refractivity contribution is -0.124. The predicted octanol–water partition coefficient (Wildman–Crippen LogP) is 2.05. The zero-order valence-electron chi connectivity index (χ0n) is 13.5. The van der Waals surface area contributed by atoms with E-state index < -0.39 is 5.91 Å². The summed E-state index contributed by atoms with van der Waals surface area (Å²) < 4.78 is 0. The molecule has 1 aromatic rings. The summed E-state index contributed by atoms with van der Waals surface area (Å²) in [5.74, 6) is -0.506. The molecule has 2 N–H and O–H groups in total. The fraction of sp³-hybridized carbons (Fsp3) is 0.500. The van der Waals surface area contributed by atoms with Crippen molar-refractivity contribution in [3.05, 3.63) is 35.4 Å². The summed E-state index contributed by atoms with van der Waals surface area (Å²) in [6, 6.07) is 6.31. The van der Waals surface area contributed by atoms with E-state index in [-0.39, 0.29) is 0 Å². The van der Waals surface area contributed by atoms with E-state index >= 15 is 0 Å². The zero-order valence-corrected chi connectivity index (χ0v) is 13.5. The highest BCUT2D eigenvalue weighted by Crippen LogP contribution is 2.29. The number of carbonyl (C=O) groups is 1. The van der Waals surface area contributed by atoms with E-state index in [0.717, 1.165) is 31.6 Å². The van der Waals surface area contributed by atoms with E-state index in [2.05, 4.69) is 21.9 Å². The van der Waals surface area contributed by atoms with Gasteiger partial charge in [-0.15, -0.1) is 0 Å². The molecule has 0 unspecified atom stereocenters. The van der Waals surface area contributed by atoms with Crippen LogP contribution in [0.3, 0.4) is 0 Å². The minimum absolute atomic E-state index is 0.506. The Morgan fingerprint density at radius 2 is 2.00 bits per heavy atom. The van der Waals surface area contributed by atoms with Crippen LogP contribution in [0.2, 0.25) is 0 Å². The second kappa shape index (κ2) is 7.62. The van der Waals surface area contributed by atoms with Crippen molar-refractivity contribution in [2.24, 2.45) is 0 Å². The highest BCUT2D eigenvalue weighted by Gasteiger charge is 2.20. The lowest BCUT2D eigenvalue weighted by Gasteiger charge is -2.29. The number of nitrogens with zero attached hydrogens (tertiary/aromatic N) is 2. The van der Waals surface area contributed by atoms with Crippen LogP contribution < -0.4 is 10.4 Å². The number of rotatable bonds is 5. The molecular weight excluding hydrogens is 290 g/mol. The van der Waals surface area contributed by atoms with Crippen LogP contribution in [0.4, 0.5) is 5.69 Å². The summed E-state index contributed by atoms with van der Waals surface area (Å²) in [5.41, 5.74) is 5.26. The van der Waals surface area contributed by atoms with Crippen molar-refractivity contribution in [2.75, 3.05) is 37.6 Å². The molecule has 5 nitrogen and oxygen atoms in total. The van der Waals surface area contributed by atoms with Crippen molar-refractivity contribution in [1.29, 1.82) is 0 Å². The van der Waals surface area contributed by atoms with Crippen molar-refractivity contribution >= 4 is 17.7 Å². The molecule has 0 saturated carbocycles. The highest BCUT2D eigenvalue weighted by atomic mass is 16.5. The molecule has 0 atom stereocenters. The van der Waals surface area contributed by atoms with E-state index in [9.17, 15) is 4.79 Å². The summed E-state index contributed by atoms with van der Waals surface area (Å²) in [7, 11) is 0. The molecule has 1 amide bonds. The fourth-order valence-corrected chi connectivity index (χ4v) is 3.48. The Morgan fingerprint density at radius 1 is 1.17 bits per heavy atom. The van der Waals surface area contributed by atoms with Crippen molar-refractivity contribution in [3.63, 3.8) is 0 Å². The summed E-state index contributed by atoms with van der Waals surface area (Å²) in [6.45, 7) is 5.81. The predicted molar refractivity (Wildman–Crippen MR) is 91.6 cm³/mol. The Labute approximate surface area is 137 Å². The van der Waals surface area contributed by atoms with Crippen LogP contribution in [0.5, 0.6) is 0 Å². The molecule has 0 radical (unpaired) electrons. The van der Waals surface area contributed by atoms with E-state index in [1.807, 2.05) is 6.07 Å². The number of piperidine rings is 1. The van der Waals surface area contributed by atoms with Crippen LogP contribution >= 0.6 is 0 Å². The number of amides is 1. The summed E-state index contributed by atoms with van der Waals surface area (Å²) in [6.07, 6.45) is 8.19. The second-order valence-electron chi connectivity index (χ2n) is 6.34. The van der Waals surface area contributed by atoms with E-state index in [1.165, 1.54) is 49.7 Å². The maximum Gasteiger partial charge on any atom is 0.267 e. The van der Waals surface area contributed by atoms with Gasteiger partial charge in [-0.1, -0.05) is 12.5 Å². The van der Waals surface area contributed by atoms with E-state index in [1.54, 1.807) is 11.6 Å². The molecule has 23 heavy (non-hydrogen) atoms. The summed E-state index contributed by atoms with van der Waals surface area (Å²) >= 11 is 0. The third-order valence-electron chi connectivity index (χ3n) is 4.77.